The fraction of sp³-hybridized carbons (Fsp3) is 0.176. The minimum absolute atomic E-state index is 0.185. The number of aryl methyl sites for hydroxylation is 2. The van der Waals surface area contributed by atoms with Gasteiger partial charge in [-0.15, -0.1) is 11.8 Å². The first-order chi connectivity index (χ1) is 17.8. The second-order valence-electron chi connectivity index (χ2n) is 9.38. The summed E-state index contributed by atoms with van der Waals surface area (Å²) in [7, 11) is 0. The van der Waals surface area contributed by atoms with Crippen molar-refractivity contribution < 1.29 is 0 Å². The normalized spacial score (nSPS) is 13.4. The van der Waals surface area contributed by atoms with E-state index >= 15 is 0 Å². The second kappa shape index (κ2) is 13.0. The quantitative estimate of drug-likeness (QED) is 0.186. The van der Waals surface area contributed by atoms with Crippen molar-refractivity contribution in [2.75, 3.05) is 0 Å². The molecule has 0 saturated heterocycles. The highest BCUT2D eigenvalue weighted by Crippen LogP contribution is 2.43. The Bertz CT molecular complexity index is 1290. The van der Waals surface area contributed by atoms with Crippen LogP contribution in [-0.4, -0.2) is 0 Å². The molecule has 188 valence electrons. The molecule has 0 aliphatic carbocycles. The van der Waals surface area contributed by atoms with E-state index < -0.39 is 0 Å². The average Bonchev–Trinajstić information content (AvgIpc) is 2.89. The topological polar surface area (TPSA) is 0 Å². The van der Waals surface area contributed by atoms with Gasteiger partial charge in [-0.25, -0.2) is 0 Å². The summed E-state index contributed by atoms with van der Waals surface area (Å²) in [6.07, 6.45) is 9.28. The van der Waals surface area contributed by atoms with E-state index in [1.165, 1.54) is 44.5 Å². The Morgan fingerprint density at radius 1 is 0.541 bits per heavy atom. The smallest absolute Gasteiger partial charge is 0.0489 e. The van der Waals surface area contributed by atoms with Crippen molar-refractivity contribution in [1.82, 2.24) is 0 Å². The van der Waals surface area contributed by atoms with Crippen molar-refractivity contribution >= 4 is 55.8 Å². The molecule has 4 aromatic carbocycles. The molecule has 0 aliphatic heterocycles. The van der Waals surface area contributed by atoms with Crippen molar-refractivity contribution in [3.63, 3.8) is 0 Å². The van der Waals surface area contributed by atoms with E-state index in [0.29, 0.717) is 0 Å². The number of rotatable bonds is 8. The van der Waals surface area contributed by atoms with Gasteiger partial charge in [-0.05, 0) is 96.5 Å². The third-order valence-corrected chi connectivity index (χ3v) is 9.39. The van der Waals surface area contributed by atoms with Crippen molar-refractivity contribution in [2.45, 2.75) is 38.2 Å². The summed E-state index contributed by atoms with van der Waals surface area (Å²) < 4.78 is 2.19. The monoisotopic (exact) mass is 630 g/mol. The number of halogens is 2. The van der Waals surface area contributed by atoms with Gasteiger partial charge in [-0.3, -0.25) is 0 Å². The first kappa shape index (κ1) is 27.7. The van der Waals surface area contributed by atoms with E-state index in [4.69, 9.17) is 0 Å². The fourth-order valence-corrected chi connectivity index (χ4v) is 6.04. The van der Waals surface area contributed by atoms with Gasteiger partial charge in [0, 0.05) is 19.4 Å². The standard InChI is InChI=1S/C34H32Br2S/c1-23-7-5-9-27(25(23)3)15-21-33(29-11-17-31(35)18-12-29)37-34(30-13-19-32(36)20-14-30)22-16-28-10-6-8-24(2)26(28)4/h5-22,33-34H,1-4H3/b21-15-,22-16?. The van der Waals surface area contributed by atoms with Crippen LogP contribution < -0.4 is 0 Å². The summed E-state index contributed by atoms with van der Waals surface area (Å²) in [5, 5.41) is 0.370. The highest BCUT2D eigenvalue weighted by molar-refractivity contribution is 9.10. The zero-order chi connectivity index (χ0) is 26.4. The number of hydrogen-bond donors (Lipinski definition) is 0. The minimum atomic E-state index is 0.185. The SMILES string of the molecule is Cc1cccc(C=CC(SC(/C=C\c2cccc(C)c2C)c2ccc(Br)cc2)c2ccc(Br)cc2)c1C. The molecular formula is C34H32Br2S. The van der Waals surface area contributed by atoms with Gasteiger partial charge in [-0.2, -0.15) is 0 Å². The Kier molecular flexibility index (Phi) is 9.70. The van der Waals surface area contributed by atoms with Gasteiger partial charge in [0.2, 0.25) is 0 Å². The van der Waals surface area contributed by atoms with E-state index in [9.17, 15) is 0 Å². The van der Waals surface area contributed by atoms with Crippen molar-refractivity contribution in [3.8, 4) is 0 Å². The summed E-state index contributed by atoms with van der Waals surface area (Å²) in [6, 6.07) is 30.5. The van der Waals surface area contributed by atoms with Crippen LogP contribution in [0.4, 0.5) is 0 Å². The second-order valence-corrected chi connectivity index (χ2v) is 12.5. The molecule has 0 fully saturated rings. The molecule has 0 saturated carbocycles. The van der Waals surface area contributed by atoms with Crippen LogP contribution >= 0.6 is 43.6 Å². The van der Waals surface area contributed by atoms with Crippen LogP contribution in [0.15, 0.2) is 106 Å². The molecule has 0 aliphatic rings. The predicted octanol–water partition coefficient (Wildman–Crippen LogP) is 11.4. The zero-order valence-electron chi connectivity index (χ0n) is 21.7. The molecule has 4 aromatic rings. The van der Waals surface area contributed by atoms with Crippen molar-refractivity contribution in [3.05, 3.63) is 151 Å². The summed E-state index contributed by atoms with van der Waals surface area (Å²) in [5.41, 5.74) is 10.4. The number of thioether (sulfide) groups is 1. The summed E-state index contributed by atoms with van der Waals surface area (Å²) in [5.74, 6) is 0. The molecule has 2 unspecified atom stereocenters. The maximum Gasteiger partial charge on any atom is 0.0489 e. The first-order valence-electron chi connectivity index (χ1n) is 12.5. The Morgan fingerprint density at radius 2 is 0.919 bits per heavy atom. The molecule has 0 amide bonds. The number of benzene rings is 4. The number of hydrogen-bond acceptors (Lipinski definition) is 1. The Balaban J connectivity index is 1.73. The van der Waals surface area contributed by atoms with E-state index in [2.05, 4.69) is 169 Å². The van der Waals surface area contributed by atoms with Gasteiger partial charge in [0.1, 0.15) is 0 Å². The molecule has 0 bridgehead atoms. The largest absolute Gasteiger partial charge is 0.137 e. The van der Waals surface area contributed by atoms with E-state index in [0.717, 1.165) is 8.95 Å². The third-order valence-electron chi connectivity index (χ3n) is 6.88. The molecular weight excluding hydrogens is 600 g/mol. The zero-order valence-corrected chi connectivity index (χ0v) is 25.7. The highest BCUT2D eigenvalue weighted by Gasteiger charge is 2.17. The molecule has 0 heterocycles. The first-order valence-corrected chi connectivity index (χ1v) is 15.0. The van der Waals surface area contributed by atoms with Crippen LogP contribution in [0.2, 0.25) is 0 Å². The van der Waals surface area contributed by atoms with E-state index in [1.54, 1.807) is 0 Å². The lowest BCUT2D eigenvalue weighted by atomic mass is 10.0. The van der Waals surface area contributed by atoms with E-state index in [1.807, 2.05) is 11.8 Å². The van der Waals surface area contributed by atoms with Crippen LogP contribution in [0.1, 0.15) is 55.0 Å². The molecule has 0 radical (unpaired) electrons. The van der Waals surface area contributed by atoms with Crippen LogP contribution in [0, 0.1) is 27.7 Å². The van der Waals surface area contributed by atoms with Crippen LogP contribution in [0.5, 0.6) is 0 Å². The third kappa shape index (κ3) is 7.37. The van der Waals surface area contributed by atoms with Crippen molar-refractivity contribution in [1.29, 1.82) is 0 Å². The van der Waals surface area contributed by atoms with Gasteiger partial charge < -0.3 is 0 Å². The van der Waals surface area contributed by atoms with Gasteiger partial charge in [0.05, 0.1) is 0 Å². The Labute approximate surface area is 243 Å². The summed E-state index contributed by atoms with van der Waals surface area (Å²) >= 11 is 9.17. The van der Waals surface area contributed by atoms with Gasteiger partial charge in [-0.1, -0.05) is 117 Å². The Morgan fingerprint density at radius 3 is 1.30 bits per heavy atom. The lowest BCUT2D eigenvalue weighted by molar-refractivity contribution is 1.17. The summed E-state index contributed by atoms with van der Waals surface area (Å²) in [6.45, 7) is 8.76. The molecule has 4 rings (SSSR count). The highest BCUT2D eigenvalue weighted by atomic mass is 79.9. The maximum atomic E-state index is 3.60. The van der Waals surface area contributed by atoms with Gasteiger partial charge in [0.15, 0.2) is 0 Å². The van der Waals surface area contributed by atoms with Crippen LogP contribution in [-0.2, 0) is 0 Å². The maximum absolute atomic E-state index is 3.60. The van der Waals surface area contributed by atoms with Crippen LogP contribution in [0.25, 0.3) is 12.2 Å². The minimum Gasteiger partial charge on any atom is -0.137 e. The molecule has 3 heteroatoms. The molecule has 0 spiro atoms. The van der Waals surface area contributed by atoms with Crippen molar-refractivity contribution in [2.24, 2.45) is 0 Å². The van der Waals surface area contributed by atoms with E-state index in [-0.39, 0.29) is 10.5 Å². The molecule has 0 N–H and O–H groups in total. The van der Waals surface area contributed by atoms with Crippen LogP contribution in [0.3, 0.4) is 0 Å². The molecule has 2 atom stereocenters. The lowest BCUT2D eigenvalue weighted by Gasteiger charge is -2.21. The summed E-state index contributed by atoms with van der Waals surface area (Å²) in [4.78, 5) is 0. The van der Waals surface area contributed by atoms with Gasteiger partial charge >= 0.3 is 0 Å². The Hall–Kier alpha value is -2.33. The fourth-order valence-electron chi connectivity index (χ4n) is 4.22. The molecule has 0 aromatic heterocycles. The predicted molar refractivity (Wildman–Crippen MR) is 171 cm³/mol. The molecule has 37 heavy (non-hydrogen) atoms. The average molecular weight is 633 g/mol. The lowest BCUT2D eigenvalue weighted by Crippen LogP contribution is -1.98. The van der Waals surface area contributed by atoms with Gasteiger partial charge in [0.25, 0.3) is 0 Å². The molecule has 0 nitrogen and oxygen atoms in total.